The zero-order valence-corrected chi connectivity index (χ0v) is 15.0. The fourth-order valence-electron chi connectivity index (χ4n) is 2.99. The van der Waals surface area contributed by atoms with E-state index in [1.807, 2.05) is 12.1 Å². The molecule has 0 aliphatic carbocycles. The third-order valence-electron chi connectivity index (χ3n) is 4.26. The number of halogens is 2. The van der Waals surface area contributed by atoms with Crippen LogP contribution in [0, 0.1) is 0 Å². The molecule has 124 valence electrons. The largest absolute Gasteiger partial charge is 0.474 e. The lowest BCUT2D eigenvalue weighted by atomic mass is 10.1. The molecule has 0 bridgehead atoms. The zero-order valence-electron chi connectivity index (χ0n) is 13.5. The highest BCUT2D eigenvalue weighted by molar-refractivity contribution is 6.35. The van der Waals surface area contributed by atoms with Gasteiger partial charge >= 0.3 is 0 Å². The second-order valence-electron chi connectivity index (χ2n) is 6.09. The van der Waals surface area contributed by atoms with Crippen molar-refractivity contribution in [2.45, 2.75) is 64.5 Å². The summed E-state index contributed by atoms with van der Waals surface area (Å²) in [6.07, 6.45) is 10.3. The van der Waals surface area contributed by atoms with Crippen molar-refractivity contribution in [1.29, 1.82) is 0 Å². The molecule has 1 atom stereocenters. The predicted octanol–water partition coefficient (Wildman–Crippen LogP) is 6.15. The maximum atomic E-state index is 6.23. The summed E-state index contributed by atoms with van der Waals surface area (Å²) in [7, 11) is 0. The molecule has 1 heterocycles. The summed E-state index contributed by atoms with van der Waals surface area (Å²) in [6, 6.07) is 5.45. The van der Waals surface area contributed by atoms with Gasteiger partial charge in [0.15, 0.2) is 6.23 Å². The Morgan fingerprint density at radius 3 is 2.73 bits per heavy atom. The van der Waals surface area contributed by atoms with Crippen molar-refractivity contribution in [2.75, 3.05) is 13.1 Å². The summed E-state index contributed by atoms with van der Waals surface area (Å²) >= 11 is 12.2. The Labute approximate surface area is 144 Å². The Kier molecular flexibility index (Phi) is 7.85. The average Bonchev–Trinajstić information content (AvgIpc) is 2.51. The monoisotopic (exact) mass is 343 g/mol. The first kappa shape index (κ1) is 17.9. The SMILES string of the molecule is CCCCCCCN1CCCCC1Oc1ccc(Cl)cc1Cl. The van der Waals surface area contributed by atoms with Crippen LogP contribution in [0.4, 0.5) is 0 Å². The molecule has 0 amide bonds. The molecule has 1 aliphatic rings. The van der Waals surface area contributed by atoms with Gasteiger partial charge in [-0.05, 0) is 43.9 Å². The van der Waals surface area contributed by atoms with Crippen LogP contribution in [0.25, 0.3) is 0 Å². The molecule has 22 heavy (non-hydrogen) atoms. The van der Waals surface area contributed by atoms with Crippen molar-refractivity contribution in [2.24, 2.45) is 0 Å². The van der Waals surface area contributed by atoms with Gasteiger partial charge in [-0.25, -0.2) is 0 Å². The highest BCUT2D eigenvalue weighted by Crippen LogP contribution is 2.30. The van der Waals surface area contributed by atoms with Crippen molar-refractivity contribution in [3.8, 4) is 5.75 Å². The van der Waals surface area contributed by atoms with Crippen LogP contribution >= 0.6 is 23.2 Å². The van der Waals surface area contributed by atoms with E-state index >= 15 is 0 Å². The van der Waals surface area contributed by atoms with E-state index in [0.717, 1.165) is 25.3 Å². The molecule has 4 heteroatoms. The molecule has 2 nitrogen and oxygen atoms in total. The molecule has 0 radical (unpaired) electrons. The molecule has 0 spiro atoms. The van der Waals surface area contributed by atoms with Gasteiger partial charge in [-0.3, -0.25) is 4.90 Å². The summed E-state index contributed by atoms with van der Waals surface area (Å²) < 4.78 is 6.17. The standard InChI is InChI=1S/C18H27Cl2NO/c1-2-3-4-5-7-12-21-13-8-6-9-18(21)22-17-11-10-15(19)14-16(17)20/h10-11,14,18H,2-9,12-13H2,1H3. The molecular formula is C18H27Cl2NO. The first-order valence-electron chi connectivity index (χ1n) is 8.56. The van der Waals surface area contributed by atoms with Crippen molar-refractivity contribution in [3.05, 3.63) is 28.2 Å². The van der Waals surface area contributed by atoms with E-state index in [1.165, 1.54) is 44.9 Å². The number of nitrogens with zero attached hydrogens (tertiary/aromatic N) is 1. The maximum absolute atomic E-state index is 6.23. The lowest BCUT2D eigenvalue weighted by Crippen LogP contribution is -2.43. The van der Waals surface area contributed by atoms with Crippen molar-refractivity contribution in [3.63, 3.8) is 0 Å². The third kappa shape index (κ3) is 5.64. The molecule has 1 saturated heterocycles. The minimum Gasteiger partial charge on any atom is -0.474 e. The van der Waals surface area contributed by atoms with Gasteiger partial charge in [-0.1, -0.05) is 55.8 Å². The van der Waals surface area contributed by atoms with Gasteiger partial charge in [0.1, 0.15) is 5.75 Å². The van der Waals surface area contributed by atoms with E-state index in [2.05, 4.69) is 11.8 Å². The molecule has 1 unspecified atom stereocenters. The molecule has 2 rings (SSSR count). The quantitative estimate of drug-likeness (QED) is 0.524. The van der Waals surface area contributed by atoms with Crippen molar-refractivity contribution in [1.82, 2.24) is 4.90 Å². The first-order chi connectivity index (χ1) is 10.7. The number of hydrogen-bond donors (Lipinski definition) is 0. The second-order valence-corrected chi connectivity index (χ2v) is 6.94. The Bertz CT molecular complexity index is 453. The molecule has 1 aromatic carbocycles. The highest BCUT2D eigenvalue weighted by Gasteiger charge is 2.24. The minimum atomic E-state index is 0.151. The summed E-state index contributed by atoms with van der Waals surface area (Å²) in [5, 5.41) is 1.25. The molecular weight excluding hydrogens is 317 g/mol. The topological polar surface area (TPSA) is 12.5 Å². The van der Waals surface area contributed by atoms with E-state index in [-0.39, 0.29) is 6.23 Å². The Hall–Kier alpha value is -0.440. The molecule has 1 aliphatic heterocycles. The van der Waals surface area contributed by atoms with Crippen LogP contribution in [0.1, 0.15) is 58.3 Å². The van der Waals surface area contributed by atoms with Gasteiger partial charge in [0.05, 0.1) is 5.02 Å². The van der Waals surface area contributed by atoms with Crippen LogP contribution in [-0.2, 0) is 0 Å². The fraction of sp³-hybridized carbons (Fsp3) is 0.667. The van der Waals surface area contributed by atoms with Gasteiger partial charge in [0, 0.05) is 18.1 Å². The number of likely N-dealkylation sites (tertiary alicyclic amines) is 1. The summed E-state index contributed by atoms with van der Waals surface area (Å²) in [5.41, 5.74) is 0. The lowest BCUT2D eigenvalue weighted by molar-refractivity contribution is -0.00467. The van der Waals surface area contributed by atoms with Gasteiger partial charge in [0.25, 0.3) is 0 Å². The Balaban J connectivity index is 1.86. The number of piperidine rings is 1. The van der Waals surface area contributed by atoms with E-state index in [1.54, 1.807) is 6.07 Å². The molecule has 0 N–H and O–H groups in total. The molecule has 1 aromatic rings. The van der Waals surface area contributed by atoms with Crippen LogP contribution in [0.5, 0.6) is 5.75 Å². The van der Waals surface area contributed by atoms with Crippen LogP contribution in [0.3, 0.4) is 0 Å². The van der Waals surface area contributed by atoms with E-state index in [4.69, 9.17) is 27.9 Å². The van der Waals surface area contributed by atoms with Gasteiger partial charge in [-0.15, -0.1) is 0 Å². The summed E-state index contributed by atoms with van der Waals surface area (Å²) in [5.74, 6) is 0.744. The van der Waals surface area contributed by atoms with Crippen LogP contribution in [0.15, 0.2) is 18.2 Å². The Morgan fingerprint density at radius 2 is 1.95 bits per heavy atom. The van der Waals surface area contributed by atoms with Crippen LogP contribution in [-0.4, -0.2) is 24.2 Å². The maximum Gasteiger partial charge on any atom is 0.152 e. The van der Waals surface area contributed by atoms with E-state index in [9.17, 15) is 0 Å². The third-order valence-corrected chi connectivity index (χ3v) is 4.79. The summed E-state index contributed by atoms with van der Waals surface area (Å²) in [4.78, 5) is 2.47. The lowest BCUT2D eigenvalue weighted by Gasteiger charge is -2.35. The van der Waals surface area contributed by atoms with Crippen molar-refractivity contribution < 1.29 is 4.74 Å². The van der Waals surface area contributed by atoms with Crippen LogP contribution < -0.4 is 4.74 Å². The normalized spacial score (nSPS) is 19.3. The molecule has 0 saturated carbocycles. The van der Waals surface area contributed by atoms with Gasteiger partial charge in [-0.2, -0.15) is 0 Å². The fourth-order valence-corrected chi connectivity index (χ4v) is 3.44. The van der Waals surface area contributed by atoms with E-state index < -0.39 is 0 Å². The number of rotatable bonds is 8. The van der Waals surface area contributed by atoms with Crippen molar-refractivity contribution >= 4 is 23.2 Å². The minimum absolute atomic E-state index is 0.151. The Morgan fingerprint density at radius 1 is 1.14 bits per heavy atom. The second kappa shape index (κ2) is 9.64. The molecule has 0 aromatic heterocycles. The zero-order chi connectivity index (χ0) is 15.8. The number of ether oxygens (including phenoxy) is 1. The summed E-state index contributed by atoms with van der Waals surface area (Å²) in [6.45, 7) is 4.51. The number of unbranched alkanes of at least 4 members (excludes halogenated alkanes) is 4. The highest BCUT2D eigenvalue weighted by atomic mass is 35.5. The van der Waals surface area contributed by atoms with E-state index in [0.29, 0.717) is 10.0 Å². The molecule has 1 fully saturated rings. The smallest absolute Gasteiger partial charge is 0.152 e. The van der Waals surface area contributed by atoms with Gasteiger partial charge in [0.2, 0.25) is 0 Å². The van der Waals surface area contributed by atoms with Crippen LogP contribution in [0.2, 0.25) is 10.0 Å². The number of benzene rings is 1. The first-order valence-corrected chi connectivity index (χ1v) is 9.32. The average molecular weight is 344 g/mol. The number of hydrogen-bond acceptors (Lipinski definition) is 2. The predicted molar refractivity (Wildman–Crippen MR) is 95.1 cm³/mol. The van der Waals surface area contributed by atoms with Gasteiger partial charge < -0.3 is 4.74 Å².